The molecular formula is C10H9BrN4O. The molecule has 2 aromatic heterocycles. The molecule has 2 heterocycles. The Bertz CT molecular complexity index is 594. The molecule has 0 saturated heterocycles. The van der Waals surface area contributed by atoms with E-state index in [9.17, 15) is 4.79 Å². The van der Waals surface area contributed by atoms with Gasteiger partial charge in [0.2, 0.25) is 0 Å². The van der Waals surface area contributed by atoms with Gasteiger partial charge in [0.25, 0.3) is 5.56 Å². The number of aromatic amines is 1. The number of nitrogens with one attached hydrogen (secondary N) is 1. The molecule has 0 aliphatic rings. The second-order valence-electron chi connectivity index (χ2n) is 3.26. The predicted octanol–water partition coefficient (Wildman–Crippen LogP) is 1.49. The van der Waals surface area contributed by atoms with Crippen molar-refractivity contribution in [2.75, 3.05) is 5.73 Å². The van der Waals surface area contributed by atoms with E-state index in [1.807, 2.05) is 6.07 Å². The van der Waals surface area contributed by atoms with E-state index in [0.29, 0.717) is 17.1 Å². The van der Waals surface area contributed by atoms with Gasteiger partial charge in [0, 0.05) is 10.7 Å². The van der Waals surface area contributed by atoms with E-state index < -0.39 is 0 Å². The molecule has 0 unspecified atom stereocenters. The van der Waals surface area contributed by atoms with Gasteiger partial charge < -0.3 is 10.7 Å². The van der Waals surface area contributed by atoms with Crippen LogP contribution in [0.5, 0.6) is 0 Å². The minimum absolute atomic E-state index is 0.219. The van der Waals surface area contributed by atoms with Gasteiger partial charge in [0.05, 0.1) is 5.56 Å². The van der Waals surface area contributed by atoms with Crippen LogP contribution < -0.4 is 11.3 Å². The quantitative estimate of drug-likeness (QED) is 0.829. The summed E-state index contributed by atoms with van der Waals surface area (Å²) in [5.74, 6) is 0.580. The van der Waals surface area contributed by atoms with E-state index in [1.165, 1.54) is 0 Å². The van der Waals surface area contributed by atoms with Crippen LogP contribution in [0, 0.1) is 6.92 Å². The van der Waals surface area contributed by atoms with Crippen LogP contribution in [0.2, 0.25) is 0 Å². The number of pyridine rings is 1. The molecular weight excluding hydrogens is 272 g/mol. The highest BCUT2D eigenvalue weighted by Crippen LogP contribution is 2.22. The Hall–Kier alpha value is -1.69. The molecule has 2 aromatic rings. The van der Waals surface area contributed by atoms with Gasteiger partial charge in [-0.15, -0.1) is 0 Å². The molecule has 0 aliphatic carbocycles. The summed E-state index contributed by atoms with van der Waals surface area (Å²) in [6, 6.07) is 3.60. The standard InChI is InChI=1S/C10H9BrN4O/c1-5-8(12)14-9(15-10(5)16)7-6(11)3-2-4-13-7/h2-4H,1H3,(H3,12,14,15,16). The van der Waals surface area contributed by atoms with Crippen LogP contribution in [0.15, 0.2) is 27.6 Å². The van der Waals surface area contributed by atoms with E-state index >= 15 is 0 Å². The van der Waals surface area contributed by atoms with Crippen LogP contribution >= 0.6 is 15.9 Å². The van der Waals surface area contributed by atoms with Crippen LogP contribution in [-0.2, 0) is 0 Å². The average Bonchev–Trinajstić information content (AvgIpc) is 2.26. The first-order chi connectivity index (χ1) is 7.59. The van der Waals surface area contributed by atoms with E-state index in [-0.39, 0.29) is 11.4 Å². The van der Waals surface area contributed by atoms with Crippen molar-refractivity contribution in [2.24, 2.45) is 0 Å². The zero-order chi connectivity index (χ0) is 11.7. The minimum Gasteiger partial charge on any atom is -0.383 e. The Morgan fingerprint density at radius 1 is 1.50 bits per heavy atom. The van der Waals surface area contributed by atoms with Crippen molar-refractivity contribution >= 4 is 21.7 Å². The fourth-order valence-electron chi connectivity index (χ4n) is 1.22. The van der Waals surface area contributed by atoms with Gasteiger partial charge in [-0.3, -0.25) is 9.78 Å². The van der Waals surface area contributed by atoms with E-state index in [1.54, 1.807) is 19.2 Å². The molecule has 0 saturated carbocycles. The number of anilines is 1. The number of aromatic nitrogens is 3. The third-order valence-corrected chi connectivity index (χ3v) is 2.81. The number of halogens is 1. The summed E-state index contributed by atoms with van der Waals surface area (Å²) in [5.41, 5.74) is 6.36. The molecule has 0 radical (unpaired) electrons. The summed E-state index contributed by atoms with van der Waals surface area (Å²) < 4.78 is 0.751. The van der Waals surface area contributed by atoms with Gasteiger partial charge >= 0.3 is 0 Å². The highest BCUT2D eigenvalue weighted by Gasteiger charge is 2.09. The highest BCUT2D eigenvalue weighted by atomic mass is 79.9. The molecule has 0 bridgehead atoms. The van der Waals surface area contributed by atoms with Gasteiger partial charge in [0.15, 0.2) is 5.82 Å². The van der Waals surface area contributed by atoms with Crippen molar-refractivity contribution in [1.29, 1.82) is 0 Å². The van der Waals surface area contributed by atoms with Crippen LogP contribution in [0.4, 0.5) is 5.82 Å². The number of hydrogen-bond acceptors (Lipinski definition) is 4. The van der Waals surface area contributed by atoms with Gasteiger partial charge in [-0.1, -0.05) is 0 Å². The molecule has 16 heavy (non-hydrogen) atoms. The lowest BCUT2D eigenvalue weighted by Gasteiger charge is -2.04. The van der Waals surface area contributed by atoms with Crippen LogP contribution in [0.1, 0.15) is 5.56 Å². The molecule has 6 heteroatoms. The van der Waals surface area contributed by atoms with Gasteiger partial charge in [-0.2, -0.15) is 0 Å². The van der Waals surface area contributed by atoms with E-state index in [2.05, 4.69) is 30.9 Å². The molecule has 82 valence electrons. The summed E-state index contributed by atoms with van der Waals surface area (Å²) in [4.78, 5) is 22.4. The number of nitrogens with two attached hydrogens (primary N) is 1. The third kappa shape index (κ3) is 1.83. The van der Waals surface area contributed by atoms with Crippen molar-refractivity contribution in [3.05, 3.63) is 38.7 Å². The molecule has 0 aliphatic heterocycles. The van der Waals surface area contributed by atoms with Crippen LogP contribution in [0.3, 0.4) is 0 Å². The average molecular weight is 281 g/mol. The summed E-state index contributed by atoms with van der Waals surface area (Å²) in [7, 11) is 0. The third-order valence-electron chi connectivity index (χ3n) is 2.17. The second-order valence-corrected chi connectivity index (χ2v) is 4.11. The first-order valence-corrected chi connectivity index (χ1v) is 5.36. The number of rotatable bonds is 1. The molecule has 0 amide bonds. The molecule has 0 fully saturated rings. The van der Waals surface area contributed by atoms with Crippen molar-refractivity contribution in [3.8, 4) is 11.5 Å². The Kier molecular flexibility index (Phi) is 2.74. The normalized spacial score (nSPS) is 10.4. The molecule has 3 N–H and O–H groups in total. The first-order valence-electron chi connectivity index (χ1n) is 4.57. The number of hydrogen-bond donors (Lipinski definition) is 2. The predicted molar refractivity (Wildman–Crippen MR) is 64.9 cm³/mol. The maximum absolute atomic E-state index is 11.5. The van der Waals surface area contributed by atoms with Crippen molar-refractivity contribution in [2.45, 2.75) is 6.92 Å². The number of H-pyrrole nitrogens is 1. The SMILES string of the molecule is Cc1c(N)nc(-c2ncccc2Br)[nH]c1=O. The highest BCUT2D eigenvalue weighted by molar-refractivity contribution is 9.10. The van der Waals surface area contributed by atoms with Gasteiger partial charge in [-0.25, -0.2) is 4.98 Å². The zero-order valence-corrected chi connectivity index (χ0v) is 10.1. The Morgan fingerprint density at radius 3 is 2.88 bits per heavy atom. The lowest BCUT2D eigenvalue weighted by atomic mass is 10.3. The fourth-order valence-corrected chi connectivity index (χ4v) is 1.66. The summed E-state index contributed by atoms with van der Waals surface area (Å²) in [5, 5.41) is 0. The maximum Gasteiger partial charge on any atom is 0.256 e. The van der Waals surface area contributed by atoms with E-state index in [0.717, 1.165) is 4.47 Å². The topological polar surface area (TPSA) is 84.7 Å². The largest absolute Gasteiger partial charge is 0.383 e. The van der Waals surface area contributed by atoms with Crippen molar-refractivity contribution in [3.63, 3.8) is 0 Å². The molecule has 0 aromatic carbocycles. The van der Waals surface area contributed by atoms with Crippen LogP contribution in [-0.4, -0.2) is 15.0 Å². The van der Waals surface area contributed by atoms with Gasteiger partial charge in [-0.05, 0) is 35.0 Å². The molecule has 2 rings (SSSR count). The summed E-state index contributed by atoms with van der Waals surface area (Å²) in [6.45, 7) is 1.62. The Morgan fingerprint density at radius 2 is 2.25 bits per heavy atom. The first kappa shape index (κ1) is 10.8. The molecule has 0 atom stereocenters. The number of nitrogens with zero attached hydrogens (tertiary/aromatic N) is 2. The maximum atomic E-state index is 11.5. The monoisotopic (exact) mass is 280 g/mol. The lowest BCUT2D eigenvalue weighted by molar-refractivity contribution is 1.07. The summed E-state index contributed by atoms with van der Waals surface area (Å²) >= 11 is 3.34. The van der Waals surface area contributed by atoms with Crippen molar-refractivity contribution < 1.29 is 0 Å². The Balaban J connectivity index is 2.67. The van der Waals surface area contributed by atoms with Crippen LogP contribution in [0.25, 0.3) is 11.5 Å². The molecule has 0 spiro atoms. The van der Waals surface area contributed by atoms with Gasteiger partial charge in [0.1, 0.15) is 11.5 Å². The summed E-state index contributed by atoms with van der Waals surface area (Å²) in [6.07, 6.45) is 1.62. The van der Waals surface area contributed by atoms with Crippen molar-refractivity contribution in [1.82, 2.24) is 15.0 Å². The second kappa shape index (κ2) is 4.05. The Labute approximate surface area is 99.9 Å². The number of nitrogen functional groups attached to an aromatic ring is 1. The molecule has 5 nitrogen and oxygen atoms in total. The lowest BCUT2D eigenvalue weighted by Crippen LogP contribution is -2.15. The van der Waals surface area contributed by atoms with E-state index in [4.69, 9.17) is 5.73 Å². The zero-order valence-electron chi connectivity index (χ0n) is 8.49. The minimum atomic E-state index is -0.250. The smallest absolute Gasteiger partial charge is 0.256 e. The fraction of sp³-hybridized carbons (Fsp3) is 0.100.